The summed E-state index contributed by atoms with van der Waals surface area (Å²) in [5, 5.41) is 9.17. The zero-order chi connectivity index (χ0) is 17.6. The van der Waals surface area contributed by atoms with Crippen molar-refractivity contribution < 1.29 is 18.0 Å². The Morgan fingerprint density at radius 2 is 1.92 bits per heavy atom. The van der Waals surface area contributed by atoms with Gasteiger partial charge in [-0.2, -0.15) is 13.2 Å². The van der Waals surface area contributed by atoms with Gasteiger partial charge >= 0.3 is 6.18 Å². The lowest BCUT2D eigenvalue weighted by atomic mass is 10.2. The average Bonchev–Trinajstić information content (AvgIpc) is 3.19. The number of guanidine groups is 1. The Morgan fingerprint density at radius 3 is 2.52 bits per heavy atom. The second-order valence-corrected chi connectivity index (χ2v) is 6.42. The normalized spacial score (nSPS) is 21.6. The molecule has 0 aromatic rings. The average molecular weight is 477 g/mol. The molecule has 1 aliphatic heterocycles. The number of nitrogens with zero attached hydrogens (tertiary/aromatic N) is 2. The molecule has 1 saturated carbocycles. The highest BCUT2D eigenvalue weighted by atomic mass is 127. The molecular formula is C15H27F3IN5O. The van der Waals surface area contributed by atoms with Crippen LogP contribution in [-0.4, -0.2) is 68.3 Å². The van der Waals surface area contributed by atoms with E-state index in [2.05, 4.69) is 20.9 Å². The maximum Gasteiger partial charge on any atom is 0.401 e. The minimum absolute atomic E-state index is 0. The lowest BCUT2D eigenvalue weighted by Gasteiger charge is -2.19. The summed E-state index contributed by atoms with van der Waals surface area (Å²) in [4.78, 5) is 17.0. The number of nitrogens with one attached hydrogen (secondary N) is 3. The van der Waals surface area contributed by atoms with Crippen LogP contribution in [0.25, 0.3) is 0 Å². The van der Waals surface area contributed by atoms with E-state index in [4.69, 9.17) is 0 Å². The second kappa shape index (κ2) is 10.4. The van der Waals surface area contributed by atoms with Crippen LogP contribution in [0.2, 0.25) is 0 Å². The van der Waals surface area contributed by atoms with E-state index < -0.39 is 12.7 Å². The Bertz CT molecular complexity index is 457. The molecule has 0 aromatic carbocycles. The molecule has 2 rings (SSSR count). The zero-order valence-corrected chi connectivity index (χ0v) is 16.7. The molecule has 10 heteroatoms. The smallest absolute Gasteiger partial charge is 0.356 e. The fourth-order valence-electron chi connectivity index (χ4n) is 2.72. The predicted molar refractivity (Wildman–Crippen MR) is 101 cm³/mol. The predicted octanol–water partition coefficient (Wildman–Crippen LogP) is 1.46. The van der Waals surface area contributed by atoms with Crippen molar-refractivity contribution in [3.8, 4) is 0 Å². The van der Waals surface area contributed by atoms with Gasteiger partial charge in [0.1, 0.15) is 0 Å². The molecule has 146 valence electrons. The third kappa shape index (κ3) is 9.47. The molecule has 6 nitrogen and oxygen atoms in total. The Morgan fingerprint density at radius 1 is 1.20 bits per heavy atom. The quantitative estimate of drug-likeness (QED) is 0.225. The number of carbonyl (C=O) groups excluding carboxylic acids is 1. The summed E-state index contributed by atoms with van der Waals surface area (Å²) in [5.74, 6) is 0.636. The highest BCUT2D eigenvalue weighted by Crippen LogP contribution is 2.20. The van der Waals surface area contributed by atoms with Crippen LogP contribution >= 0.6 is 24.0 Å². The van der Waals surface area contributed by atoms with Gasteiger partial charge in [0, 0.05) is 45.2 Å². The van der Waals surface area contributed by atoms with E-state index in [1.807, 2.05) is 0 Å². The number of hydrogen-bond donors (Lipinski definition) is 3. The van der Waals surface area contributed by atoms with Gasteiger partial charge in [0.2, 0.25) is 5.91 Å². The fourth-order valence-corrected chi connectivity index (χ4v) is 2.72. The number of likely N-dealkylation sites (tertiary alicyclic amines) is 1. The van der Waals surface area contributed by atoms with E-state index in [0.29, 0.717) is 50.9 Å². The minimum Gasteiger partial charge on any atom is -0.356 e. The van der Waals surface area contributed by atoms with Crippen molar-refractivity contribution in [3.05, 3.63) is 0 Å². The largest absolute Gasteiger partial charge is 0.401 e. The highest BCUT2D eigenvalue weighted by molar-refractivity contribution is 14.0. The maximum atomic E-state index is 12.4. The van der Waals surface area contributed by atoms with Crippen LogP contribution < -0.4 is 16.0 Å². The van der Waals surface area contributed by atoms with Gasteiger partial charge in [0.05, 0.1) is 6.54 Å². The molecule has 1 unspecified atom stereocenters. The molecule has 2 aliphatic rings. The fraction of sp³-hybridized carbons (Fsp3) is 0.867. The molecule has 1 atom stereocenters. The molecule has 0 aromatic heterocycles. The summed E-state index contributed by atoms with van der Waals surface area (Å²) in [6, 6.07) is 0.332. The van der Waals surface area contributed by atoms with Crippen LogP contribution in [-0.2, 0) is 4.79 Å². The van der Waals surface area contributed by atoms with Crippen LogP contribution in [0.5, 0.6) is 0 Å². The van der Waals surface area contributed by atoms with Crippen molar-refractivity contribution in [1.29, 1.82) is 0 Å². The number of carbonyl (C=O) groups is 1. The maximum absolute atomic E-state index is 12.4. The first-order valence-electron chi connectivity index (χ1n) is 8.41. The first-order valence-corrected chi connectivity index (χ1v) is 8.41. The molecule has 2 fully saturated rings. The number of rotatable bonds is 7. The molecule has 0 spiro atoms. The van der Waals surface area contributed by atoms with Crippen LogP contribution in [0.3, 0.4) is 0 Å². The van der Waals surface area contributed by atoms with Gasteiger partial charge in [-0.25, -0.2) is 0 Å². The summed E-state index contributed by atoms with van der Waals surface area (Å²) in [6.07, 6.45) is -0.204. The standard InChI is InChI=1S/C15H26F3N5O.HI/c1-19-14(20-7-2-3-13(24)21-11-4-5-11)22-12-6-8-23(9-12)10-15(16,17)18;/h11-12H,2-10H2,1H3,(H,21,24)(H2,19,20,22);1H. The lowest BCUT2D eigenvalue weighted by molar-refractivity contribution is -0.143. The Kier molecular flexibility index (Phi) is 9.25. The first-order chi connectivity index (χ1) is 11.4. The van der Waals surface area contributed by atoms with E-state index in [-0.39, 0.29) is 35.9 Å². The molecule has 25 heavy (non-hydrogen) atoms. The summed E-state index contributed by atoms with van der Waals surface area (Å²) in [5.41, 5.74) is 0. The minimum atomic E-state index is -4.16. The third-order valence-electron chi connectivity index (χ3n) is 4.06. The summed E-state index contributed by atoms with van der Waals surface area (Å²) >= 11 is 0. The molecule has 1 aliphatic carbocycles. The third-order valence-corrected chi connectivity index (χ3v) is 4.06. The van der Waals surface area contributed by atoms with Gasteiger partial charge < -0.3 is 16.0 Å². The topological polar surface area (TPSA) is 68.8 Å². The van der Waals surface area contributed by atoms with Crippen molar-refractivity contribution in [1.82, 2.24) is 20.9 Å². The monoisotopic (exact) mass is 477 g/mol. The van der Waals surface area contributed by atoms with E-state index in [1.165, 1.54) is 4.90 Å². The number of hydrogen-bond acceptors (Lipinski definition) is 3. The van der Waals surface area contributed by atoms with E-state index >= 15 is 0 Å². The number of halogens is 4. The molecular weight excluding hydrogens is 450 g/mol. The molecule has 3 N–H and O–H groups in total. The van der Waals surface area contributed by atoms with E-state index in [1.54, 1.807) is 7.05 Å². The van der Waals surface area contributed by atoms with Gasteiger partial charge in [0.25, 0.3) is 0 Å². The highest BCUT2D eigenvalue weighted by Gasteiger charge is 2.34. The van der Waals surface area contributed by atoms with Crippen molar-refractivity contribution >= 4 is 35.8 Å². The summed E-state index contributed by atoms with van der Waals surface area (Å²) in [7, 11) is 1.62. The first kappa shape index (κ1) is 22.3. The second-order valence-electron chi connectivity index (χ2n) is 6.42. The molecule has 1 saturated heterocycles. The number of amides is 1. The Hall–Kier alpha value is -0.780. The van der Waals surface area contributed by atoms with E-state index in [0.717, 1.165) is 12.8 Å². The van der Waals surface area contributed by atoms with Gasteiger partial charge in [-0.3, -0.25) is 14.7 Å². The van der Waals surface area contributed by atoms with E-state index in [9.17, 15) is 18.0 Å². The van der Waals surface area contributed by atoms with Crippen LogP contribution in [0.15, 0.2) is 4.99 Å². The lowest BCUT2D eigenvalue weighted by Crippen LogP contribution is -2.45. The van der Waals surface area contributed by atoms with Crippen molar-refractivity contribution in [2.24, 2.45) is 4.99 Å². The Labute approximate surface area is 163 Å². The van der Waals surface area contributed by atoms with Gasteiger partial charge in [-0.1, -0.05) is 0 Å². The number of aliphatic imine (C=N–C) groups is 1. The molecule has 0 radical (unpaired) electrons. The van der Waals surface area contributed by atoms with Crippen molar-refractivity contribution in [2.75, 3.05) is 33.2 Å². The summed E-state index contributed by atoms with van der Waals surface area (Å²) in [6.45, 7) is 0.504. The number of alkyl halides is 3. The van der Waals surface area contributed by atoms with Crippen LogP contribution in [0.4, 0.5) is 13.2 Å². The SMILES string of the molecule is CN=C(NCCCC(=O)NC1CC1)NC1CCN(CC(F)(F)F)C1.I. The molecule has 1 amide bonds. The van der Waals surface area contributed by atoms with Gasteiger partial charge in [-0.15, -0.1) is 24.0 Å². The molecule has 1 heterocycles. The van der Waals surface area contributed by atoms with Crippen LogP contribution in [0, 0.1) is 0 Å². The van der Waals surface area contributed by atoms with Gasteiger partial charge in [-0.05, 0) is 25.7 Å². The summed E-state index contributed by atoms with van der Waals surface area (Å²) < 4.78 is 37.2. The van der Waals surface area contributed by atoms with Gasteiger partial charge in [0.15, 0.2) is 5.96 Å². The molecule has 0 bridgehead atoms. The Balaban J connectivity index is 0.00000312. The zero-order valence-electron chi connectivity index (χ0n) is 14.4. The van der Waals surface area contributed by atoms with Crippen molar-refractivity contribution in [2.45, 2.75) is 50.4 Å². The van der Waals surface area contributed by atoms with Crippen LogP contribution in [0.1, 0.15) is 32.1 Å². The van der Waals surface area contributed by atoms with Crippen molar-refractivity contribution in [3.63, 3.8) is 0 Å².